The third kappa shape index (κ3) is 6.73. The normalized spacial score (nSPS) is 20.4. The molecule has 35 heavy (non-hydrogen) atoms. The molecule has 2 aromatic rings. The number of hydrogen-bond donors (Lipinski definition) is 2. The van der Waals surface area contributed by atoms with E-state index >= 15 is 0 Å². The third-order valence-electron chi connectivity index (χ3n) is 6.52. The monoisotopic (exact) mass is 524 g/mol. The Bertz CT molecular complexity index is 1200. The van der Waals surface area contributed by atoms with Gasteiger partial charge in [0, 0.05) is 44.8 Å². The lowest BCUT2D eigenvalue weighted by Gasteiger charge is -2.41. The minimum Gasteiger partial charge on any atom is -0.496 e. The minimum atomic E-state index is -3.93. The van der Waals surface area contributed by atoms with Gasteiger partial charge in [-0.05, 0) is 61.1 Å². The molecular formula is C24H36N4O5S2. The zero-order valence-electron chi connectivity index (χ0n) is 20.7. The van der Waals surface area contributed by atoms with Gasteiger partial charge in [-0.15, -0.1) is 0 Å². The number of sulfonamides is 1. The van der Waals surface area contributed by atoms with Gasteiger partial charge in [0.25, 0.3) is 10.2 Å². The van der Waals surface area contributed by atoms with Crippen molar-refractivity contribution in [2.75, 3.05) is 39.2 Å². The van der Waals surface area contributed by atoms with Crippen LogP contribution in [0.1, 0.15) is 37.7 Å². The maximum Gasteiger partial charge on any atom is 0.277 e. The van der Waals surface area contributed by atoms with Crippen LogP contribution in [0.25, 0.3) is 0 Å². The van der Waals surface area contributed by atoms with E-state index in [1.165, 1.54) is 4.31 Å². The van der Waals surface area contributed by atoms with Crippen molar-refractivity contribution in [3.63, 3.8) is 0 Å². The van der Waals surface area contributed by atoms with Crippen molar-refractivity contribution >= 4 is 25.9 Å². The summed E-state index contributed by atoms with van der Waals surface area (Å²) >= 11 is 0. The molecule has 0 amide bonds. The Morgan fingerprint density at radius 3 is 2.37 bits per heavy atom. The summed E-state index contributed by atoms with van der Waals surface area (Å²) in [6, 6.07) is 13.8. The predicted octanol–water partition coefficient (Wildman–Crippen LogP) is 2.52. The van der Waals surface area contributed by atoms with Crippen LogP contribution in [0.3, 0.4) is 0 Å². The molecule has 9 nitrogen and oxygen atoms in total. The summed E-state index contributed by atoms with van der Waals surface area (Å²) in [4.78, 5) is 2.08. The first kappa shape index (κ1) is 27.4. The summed E-state index contributed by atoms with van der Waals surface area (Å²) in [5.74, 6) is 0.444. The molecule has 1 aliphatic rings. The van der Waals surface area contributed by atoms with Gasteiger partial charge in [-0.1, -0.05) is 25.1 Å². The number of nitrogens with two attached hydrogens (primary N) is 1. The highest BCUT2D eigenvalue weighted by molar-refractivity contribution is 7.89. The molecular weight excluding hydrogens is 488 g/mol. The quantitative estimate of drug-likeness (QED) is 0.493. The molecule has 0 spiro atoms. The lowest BCUT2D eigenvalue weighted by Crippen LogP contribution is -2.51. The van der Waals surface area contributed by atoms with Crippen LogP contribution < -0.4 is 19.5 Å². The zero-order valence-corrected chi connectivity index (χ0v) is 22.3. The molecule has 3 N–H and O–H groups in total. The zero-order chi connectivity index (χ0) is 25.8. The molecule has 2 unspecified atom stereocenters. The average molecular weight is 525 g/mol. The van der Waals surface area contributed by atoms with E-state index in [1.807, 2.05) is 50.2 Å². The largest absolute Gasteiger partial charge is 0.496 e. The first-order chi connectivity index (χ1) is 16.4. The number of para-hydroxylation sites is 1. The SMILES string of the molecule is COc1ccccc1C1CCCN(S(N)(=O)=O)C1C[C@H](C)CNS(=O)(=O)c1ccc(N(C)C)cc1. The van der Waals surface area contributed by atoms with E-state index in [4.69, 9.17) is 9.88 Å². The summed E-state index contributed by atoms with van der Waals surface area (Å²) in [6.45, 7) is 2.42. The van der Waals surface area contributed by atoms with Crippen molar-refractivity contribution in [2.45, 2.75) is 43.0 Å². The van der Waals surface area contributed by atoms with Crippen molar-refractivity contribution in [3.05, 3.63) is 54.1 Å². The molecule has 1 heterocycles. The lowest BCUT2D eigenvalue weighted by atomic mass is 9.80. The number of benzene rings is 2. The van der Waals surface area contributed by atoms with Crippen LogP contribution in [-0.2, 0) is 20.2 Å². The van der Waals surface area contributed by atoms with Crippen molar-refractivity contribution in [2.24, 2.45) is 11.1 Å². The molecule has 0 saturated carbocycles. The van der Waals surface area contributed by atoms with Gasteiger partial charge in [-0.3, -0.25) is 0 Å². The highest BCUT2D eigenvalue weighted by Gasteiger charge is 2.39. The van der Waals surface area contributed by atoms with E-state index in [2.05, 4.69) is 4.72 Å². The lowest BCUT2D eigenvalue weighted by molar-refractivity contribution is 0.189. The fourth-order valence-electron chi connectivity index (χ4n) is 4.71. The molecule has 0 aromatic heterocycles. The third-order valence-corrected chi connectivity index (χ3v) is 9.07. The van der Waals surface area contributed by atoms with E-state index in [1.54, 1.807) is 31.4 Å². The average Bonchev–Trinajstić information content (AvgIpc) is 2.82. The second kappa shape index (κ2) is 11.3. The maximum absolute atomic E-state index is 12.8. The molecule has 0 aliphatic carbocycles. The Balaban J connectivity index is 1.78. The number of ether oxygens (including phenoxy) is 1. The number of nitrogens with one attached hydrogen (secondary N) is 1. The standard InChI is InChI=1S/C24H36N4O5S2/c1-18(17-26-34(29,30)20-13-11-19(12-14-20)27(2)3)16-23-21(9-7-15-28(23)35(25,31)32)22-8-5-6-10-24(22)33-4/h5-6,8,10-14,18,21,23,26H,7,9,15-17H2,1-4H3,(H2,25,31,32)/t18-,21?,23?/m0/s1. The van der Waals surface area contributed by atoms with E-state index in [0.717, 1.165) is 17.7 Å². The fourth-order valence-corrected chi connectivity index (χ4v) is 6.87. The van der Waals surface area contributed by atoms with E-state index in [-0.39, 0.29) is 23.3 Å². The highest BCUT2D eigenvalue weighted by atomic mass is 32.2. The smallest absolute Gasteiger partial charge is 0.277 e. The van der Waals surface area contributed by atoms with Crippen LogP contribution in [0.15, 0.2) is 53.4 Å². The first-order valence-corrected chi connectivity index (χ1v) is 14.6. The Hall–Kier alpha value is -2.18. The van der Waals surface area contributed by atoms with E-state index in [9.17, 15) is 16.8 Å². The Morgan fingerprint density at radius 1 is 1.11 bits per heavy atom. The molecule has 11 heteroatoms. The molecule has 0 bridgehead atoms. The number of hydrogen-bond acceptors (Lipinski definition) is 6. The molecule has 2 aromatic carbocycles. The Labute approximate surface area is 209 Å². The topological polar surface area (TPSA) is 122 Å². The van der Waals surface area contributed by atoms with Crippen molar-refractivity contribution < 1.29 is 21.6 Å². The summed E-state index contributed by atoms with van der Waals surface area (Å²) in [7, 11) is -2.26. The number of piperidine rings is 1. The van der Waals surface area contributed by atoms with Gasteiger partial charge < -0.3 is 9.64 Å². The van der Waals surface area contributed by atoms with Crippen molar-refractivity contribution in [1.82, 2.24) is 9.03 Å². The number of rotatable bonds is 10. The van der Waals surface area contributed by atoms with Crippen LogP contribution in [0, 0.1) is 5.92 Å². The Morgan fingerprint density at radius 2 is 1.77 bits per heavy atom. The summed E-state index contributed by atoms with van der Waals surface area (Å²) in [6.07, 6.45) is 1.91. The van der Waals surface area contributed by atoms with Crippen molar-refractivity contribution in [1.29, 1.82) is 0 Å². The second-order valence-electron chi connectivity index (χ2n) is 9.29. The molecule has 194 valence electrons. The van der Waals surface area contributed by atoms with Gasteiger partial charge in [-0.25, -0.2) is 18.3 Å². The number of methoxy groups -OCH3 is 1. The molecule has 1 aliphatic heterocycles. The number of anilines is 1. The van der Waals surface area contributed by atoms with E-state index < -0.39 is 26.3 Å². The second-order valence-corrected chi connectivity index (χ2v) is 12.6. The van der Waals surface area contributed by atoms with Crippen LogP contribution in [0.2, 0.25) is 0 Å². The molecule has 1 saturated heterocycles. The molecule has 1 fully saturated rings. The highest BCUT2D eigenvalue weighted by Crippen LogP contribution is 2.40. The van der Waals surface area contributed by atoms with Crippen LogP contribution in [0.5, 0.6) is 5.75 Å². The van der Waals surface area contributed by atoms with Gasteiger partial charge >= 0.3 is 0 Å². The van der Waals surface area contributed by atoms with Crippen molar-refractivity contribution in [3.8, 4) is 5.75 Å². The molecule has 3 atom stereocenters. The van der Waals surface area contributed by atoms with Crippen LogP contribution >= 0.6 is 0 Å². The summed E-state index contributed by atoms with van der Waals surface area (Å²) in [5.41, 5.74) is 1.84. The molecule has 3 rings (SSSR count). The van der Waals surface area contributed by atoms with Gasteiger partial charge in [0.05, 0.1) is 12.0 Å². The molecule has 0 radical (unpaired) electrons. The Kier molecular flexibility index (Phi) is 8.81. The van der Waals surface area contributed by atoms with Gasteiger partial charge in [0.2, 0.25) is 10.0 Å². The predicted molar refractivity (Wildman–Crippen MR) is 138 cm³/mol. The van der Waals surface area contributed by atoms with Gasteiger partial charge in [-0.2, -0.15) is 12.7 Å². The number of nitrogens with zero attached hydrogens (tertiary/aromatic N) is 2. The summed E-state index contributed by atoms with van der Waals surface area (Å²) in [5, 5.41) is 5.59. The van der Waals surface area contributed by atoms with E-state index in [0.29, 0.717) is 25.1 Å². The van der Waals surface area contributed by atoms with Gasteiger partial charge in [0.1, 0.15) is 5.75 Å². The van der Waals surface area contributed by atoms with Crippen LogP contribution in [-0.4, -0.2) is 61.5 Å². The van der Waals surface area contributed by atoms with Crippen LogP contribution in [0.4, 0.5) is 5.69 Å². The fraction of sp³-hybridized carbons (Fsp3) is 0.500. The van der Waals surface area contributed by atoms with Gasteiger partial charge in [0.15, 0.2) is 0 Å². The summed E-state index contributed by atoms with van der Waals surface area (Å²) < 4.78 is 60.1. The first-order valence-electron chi connectivity index (χ1n) is 11.6. The maximum atomic E-state index is 12.8. The minimum absolute atomic E-state index is 0.115.